The number of fused-ring (bicyclic) bond motifs is 7. The van der Waals surface area contributed by atoms with Gasteiger partial charge in [-0.2, -0.15) is 0 Å². The van der Waals surface area contributed by atoms with Gasteiger partial charge in [0.05, 0.1) is 22.7 Å². The average molecular weight is 853 g/mol. The molecule has 3 saturated carbocycles. The first-order valence-electron chi connectivity index (χ1n) is 21.3. The number of sulfonamides is 1. The van der Waals surface area contributed by atoms with Crippen molar-refractivity contribution in [3.8, 4) is 5.88 Å². The van der Waals surface area contributed by atoms with Crippen molar-refractivity contribution in [2.24, 2.45) is 23.7 Å². The lowest BCUT2D eigenvalue weighted by atomic mass is 9.90. The molecule has 0 radical (unpaired) electrons. The van der Waals surface area contributed by atoms with Crippen molar-refractivity contribution in [2.45, 2.75) is 139 Å². The number of nitrogens with one attached hydrogen (secondary N) is 3. The highest BCUT2D eigenvalue weighted by molar-refractivity contribution is 7.91. The number of nitrogens with zero attached hydrogens (tertiary/aromatic N) is 3. The van der Waals surface area contributed by atoms with Crippen LogP contribution in [0.25, 0.3) is 21.8 Å². The normalized spacial score (nSPS) is 30.7. The molecule has 60 heavy (non-hydrogen) atoms. The molecular weight excluding hydrogens is 799 g/mol. The van der Waals surface area contributed by atoms with Crippen molar-refractivity contribution in [3.63, 3.8) is 0 Å². The average Bonchev–Trinajstić information content (AvgIpc) is 4.06. The maximum atomic E-state index is 14.7. The maximum absolute atomic E-state index is 14.7. The Bertz CT molecular complexity index is 2310. The van der Waals surface area contributed by atoms with E-state index in [1.165, 1.54) is 11.8 Å². The Morgan fingerprint density at radius 3 is 2.48 bits per heavy atom. The Morgan fingerprint density at radius 1 is 1.00 bits per heavy atom. The number of amides is 4. The Hall–Kier alpha value is -4.67. The van der Waals surface area contributed by atoms with Crippen molar-refractivity contribution in [1.29, 1.82) is 0 Å². The predicted molar refractivity (Wildman–Crippen MR) is 217 cm³/mol. The smallest absolute Gasteiger partial charge is 0.408 e. The number of hydrogen-bond donors (Lipinski definition) is 3. The highest BCUT2D eigenvalue weighted by Crippen LogP contribution is 2.49. The number of carbonyl (C=O) groups excluding carboxylic acids is 4. The molecule has 0 spiro atoms. The minimum absolute atomic E-state index is 0.128. The van der Waals surface area contributed by atoms with Gasteiger partial charge >= 0.3 is 6.09 Å². The summed E-state index contributed by atoms with van der Waals surface area (Å²) in [6.07, 6.45) is 0.583. The van der Waals surface area contributed by atoms with Gasteiger partial charge in [-0.1, -0.05) is 63.9 Å². The zero-order valence-corrected chi connectivity index (χ0v) is 35.2. The summed E-state index contributed by atoms with van der Waals surface area (Å²) in [7, 11) is -4.23. The van der Waals surface area contributed by atoms with Crippen molar-refractivity contribution in [2.75, 3.05) is 6.54 Å². The lowest BCUT2D eigenvalue weighted by Crippen LogP contribution is -2.59. The molecule has 3 heterocycles. The molecule has 4 fully saturated rings. The first kappa shape index (κ1) is 42.0. The number of alkyl carbamates (subject to hydrolysis) is 1. The number of aromatic nitrogens is 2. The van der Waals surface area contributed by atoms with Gasteiger partial charge in [0, 0.05) is 11.8 Å². The van der Waals surface area contributed by atoms with Crippen LogP contribution in [0.4, 0.5) is 13.6 Å². The maximum Gasteiger partial charge on any atom is 0.408 e. The molecule has 8 rings (SSSR count). The first-order valence-corrected chi connectivity index (χ1v) is 22.8. The van der Waals surface area contributed by atoms with Crippen LogP contribution in [0.3, 0.4) is 0 Å². The minimum atomic E-state index is -4.23. The predicted octanol–water partition coefficient (Wildman–Crippen LogP) is 5.55. The number of rotatable bonds is 7. The van der Waals surface area contributed by atoms with Crippen molar-refractivity contribution in [1.82, 2.24) is 30.2 Å². The van der Waals surface area contributed by atoms with Crippen LogP contribution in [0.5, 0.6) is 5.88 Å². The van der Waals surface area contributed by atoms with E-state index in [1.54, 1.807) is 13.8 Å². The van der Waals surface area contributed by atoms with Crippen LogP contribution in [0.2, 0.25) is 0 Å². The minimum Gasteiger partial charge on any atom is -0.471 e. The summed E-state index contributed by atoms with van der Waals surface area (Å²) in [5.41, 5.74) is -0.303. The van der Waals surface area contributed by atoms with E-state index in [-0.39, 0.29) is 30.9 Å². The van der Waals surface area contributed by atoms with E-state index in [4.69, 9.17) is 19.4 Å². The van der Waals surface area contributed by atoms with E-state index in [0.717, 1.165) is 42.9 Å². The van der Waals surface area contributed by atoms with Crippen molar-refractivity contribution in [3.05, 3.63) is 42.1 Å². The van der Waals surface area contributed by atoms with Gasteiger partial charge < -0.3 is 25.0 Å². The molecule has 324 valence electrons. The standard InChI is InChI=1S/C43H54F2N6O8S/c1-23(2)34-39(53)51-22-26(20-32(51)37(52)49-43(21-29(43)36(44)45)40(54)50-60(56,57)42(4)18-19-42)58-38-31(46-30-16-15-25-10-8-9-12-28(25)35(30)47-38)13-7-5-6-11-27-24(3)14-17-33(27)59-41(55)48-34/h8-10,12,15-16,23-24,26-27,29,32-34,36H,5-7,11,13-14,17-22H2,1-4H3,(H,48,55)(H,49,52)(H,50,54)/t24-,26+,27+,29-,32-,33+,34-,43+/m0/s1. The zero-order valence-electron chi connectivity index (χ0n) is 34.4. The second kappa shape index (κ2) is 16.0. The highest BCUT2D eigenvalue weighted by Gasteiger charge is 2.67. The number of halogens is 2. The van der Waals surface area contributed by atoms with Crippen molar-refractivity contribution >= 4 is 55.6 Å². The van der Waals surface area contributed by atoms with E-state index in [9.17, 15) is 36.4 Å². The van der Waals surface area contributed by atoms with Crippen LogP contribution >= 0.6 is 0 Å². The Kier molecular flexibility index (Phi) is 11.2. The highest BCUT2D eigenvalue weighted by atomic mass is 32.2. The molecule has 0 unspecified atom stereocenters. The van der Waals surface area contributed by atoms with Gasteiger partial charge in [0.25, 0.3) is 5.91 Å². The van der Waals surface area contributed by atoms with Gasteiger partial charge in [0.1, 0.15) is 41.0 Å². The number of alkyl halides is 2. The topological polar surface area (TPSA) is 186 Å². The van der Waals surface area contributed by atoms with Crippen molar-refractivity contribution < 1.29 is 45.9 Å². The SMILES string of the molecule is CC(C)[C@@H]1NC(=O)O[C@@H]2CC[C@H](C)[C@H]2CCCCCc2nc3ccc4ccccc4c3nc2O[C@@H]2C[C@@H](C(=O)N[C@]3(C(=O)NS(=O)(=O)C4(C)CC4)C[C@H]3C(F)F)N(C2)C1=O. The summed E-state index contributed by atoms with van der Waals surface area (Å²) in [6.45, 7) is 6.95. The van der Waals surface area contributed by atoms with Crippen LogP contribution in [0.1, 0.15) is 97.6 Å². The van der Waals surface area contributed by atoms with Crippen LogP contribution < -0.4 is 20.1 Å². The van der Waals surface area contributed by atoms with Crippen LogP contribution in [0.15, 0.2) is 36.4 Å². The van der Waals surface area contributed by atoms with Gasteiger partial charge in [-0.25, -0.2) is 32.0 Å². The van der Waals surface area contributed by atoms with Gasteiger partial charge in [0.2, 0.25) is 34.1 Å². The summed E-state index contributed by atoms with van der Waals surface area (Å²) >= 11 is 0. The number of aryl methyl sites for hydroxylation is 1. The largest absolute Gasteiger partial charge is 0.471 e. The second-order valence-electron chi connectivity index (χ2n) is 18.2. The summed E-state index contributed by atoms with van der Waals surface area (Å²) < 4.78 is 68.1. The van der Waals surface area contributed by atoms with Gasteiger partial charge in [-0.05, 0) is 87.5 Å². The molecule has 3 aromatic rings. The lowest BCUT2D eigenvalue weighted by Gasteiger charge is -2.31. The van der Waals surface area contributed by atoms with Gasteiger partial charge in [0.15, 0.2) is 0 Å². The van der Waals surface area contributed by atoms with Crippen LogP contribution in [-0.4, -0.2) is 94.6 Å². The molecule has 1 aromatic heterocycles. The Labute approximate surface area is 348 Å². The Balaban J connectivity index is 1.14. The second-order valence-corrected chi connectivity index (χ2v) is 20.4. The first-order chi connectivity index (χ1) is 28.5. The third-order valence-electron chi connectivity index (χ3n) is 13.7. The van der Waals surface area contributed by atoms with E-state index in [0.29, 0.717) is 48.3 Å². The quantitative estimate of drug-likeness (QED) is 0.255. The fourth-order valence-electron chi connectivity index (χ4n) is 9.42. The van der Waals surface area contributed by atoms with Crippen LogP contribution in [0, 0.1) is 23.7 Å². The molecule has 8 atom stereocenters. The fourth-order valence-corrected chi connectivity index (χ4v) is 10.7. The van der Waals surface area contributed by atoms with Gasteiger partial charge in [-0.3, -0.25) is 19.1 Å². The molecule has 2 bridgehead atoms. The van der Waals surface area contributed by atoms with E-state index in [2.05, 4.69) is 17.6 Å². The van der Waals surface area contributed by atoms with E-state index < -0.39 is 87.0 Å². The molecule has 1 saturated heterocycles. The molecule has 17 heteroatoms. The molecule has 5 aliphatic rings. The van der Waals surface area contributed by atoms with E-state index in [1.807, 2.05) is 41.1 Å². The number of carbonyl (C=O) groups is 4. The molecule has 4 amide bonds. The fraction of sp³-hybridized carbons (Fsp3) is 0.628. The molecule has 2 aliphatic heterocycles. The third kappa shape index (κ3) is 7.97. The summed E-state index contributed by atoms with van der Waals surface area (Å²) in [6, 6.07) is 9.16. The molecule has 2 aromatic carbocycles. The summed E-state index contributed by atoms with van der Waals surface area (Å²) in [5, 5.41) is 7.06. The summed E-state index contributed by atoms with van der Waals surface area (Å²) in [4.78, 5) is 67.5. The number of ether oxygens (including phenoxy) is 2. The molecule has 3 N–H and O–H groups in total. The monoisotopic (exact) mass is 852 g/mol. The molecule has 3 aliphatic carbocycles. The molecule has 14 nitrogen and oxygen atoms in total. The van der Waals surface area contributed by atoms with Gasteiger partial charge in [-0.15, -0.1) is 0 Å². The third-order valence-corrected chi connectivity index (χ3v) is 15.8. The zero-order chi connectivity index (χ0) is 42.7. The summed E-state index contributed by atoms with van der Waals surface area (Å²) in [5.74, 6) is -4.20. The van der Waals surface area contributed by atoms with E-state index >= 15 is 0 Å². The number of benzene rings is 2. The lowest BCUT2D eigenvalue weighted by molar-refractivity contribution is -0.142. The molecular formula is C43H54F2N6O8S. The van der Waals surface area contributed by atoms with Crippen LogP contribution in [-0.2, 0) is 35.6 Å². The Morgan fingerprint density at radius 2 is 1.77 bits per heavy atom. The number of hydrogen-bond acceptors (Lipinski definition) is 10.